The van der Waals surface area contributed by atoms with Crippen molar-refractivity contribution in [1.82, 2.24) is 0 Å². The molecule has 3 saturated carbocycles. The largest absolute Gasteiger partial charge is 0.469 e. The molecule has 7 atom stereocenters. The van der Waals surface area contributed by atoms with E-state index in [-0.39, 0.29) is 57.1 Å². The molecule has 1 unspecified atom stereocenters. The van der Waals surface area contributed by atoms with Crippen LogP contribution in [0.15, 0.2) is 23.3 Å². The zero-order valence-electron chi connectivity index (χ0n) is 24.1. The second-order valence-corrected chi connectivity index (χ2v) is 14.2. The Balaban J connectivity index is 1.83. The molecule has 0 aromatic rings. The summed E-state index contributed by atoms with van der Waals surface area (Å²) in [5, 5.41) is 9.79. The van der Waals surface area contributed by atoms with E-state index in [2.05, 4.69) is 40.7 Å². The van der Waals surface area contributed by atoms with Gasteiger partial charge in [-0.1, -0.05) is 53.2 Å². The van der Waals surface area contributed by atoms with Crippen LogP contribution in [-0.4, -0.2) is 24.6 Å². The van der Waals surface area contributed by atoms with E-state index in [1.165, 1.54) is 7.11 Å². The Morgan fingerprint density at radius 2 is 1.70 bits per heavy atom. The minimum Gasteiger partial charge on any atom is -0.469 e. The van der Waals surface area contributed by atoms with Crippen molar-refractivity contribution in [2.75, 3.05) is 7.11 Å². The standard InChI is InChI=1S/C32H45NO4/c1-20(34)15-25-30(6)16-22(19-33)26(35)21(2)24(30)9-10-31(25,7)29(5)12-14-32(27(36)37-8)13-11-28(3,4)17-23(32)18-29/h15-16,21,23-24H,9-14,17-18H2,1-8H3/b25-15-/t21-,23?,24-,29+,30-,31+,32-/m0/s1. The maximum absolute atomic E-state index is 13.2. The lowest BCUT2D eigenvalue weighted by Crippen LogP contribution is -2.58. The number of Topliss-reactive ketones (excluding diaryl/α,β-unsaturated/α-hetero) is 1. The molecule has 0 saturated heterocycles. The van der Waals surface area contributed by atoms with E-state index in [1.807, 2.05) is 19.1 Å². The minimum absolute atomic E-state index is 0.00155. The highest BCUT2D eigenvalue weighted by Gasteiger charge is 2.64. The number of allylic oxidation sites excluding steroid dienone is 4. The normalized spacial score (nSPS) is 44.2. The van der Waals surface area contributed by atoms with Gasteiger partial charge in [-0.3, -0.25) is 14.4 Å². The number of ether oxygens (including phenoxy) is 1. The maximum Gasteiger partial charge on any atom is 0.312 e. The first kappa shape index (κ1) is 27.8. The Labute approximate surface area is 223 Å². The second kappa shape index (κ2) is 8.92. The van der Waals surface area contributed by atoms with Gasteiger partial charge in [0.25, 0.3) is 0 Å². The molecule has 5 nitrogen and oxygen atoms in total. The zero-order valence-corrected chi connectivity index (χ0v) is 24.1. The molecule has 4 rings (SSSR count). The molecule has 0 amide bonds. The van der Waals surface area contributed by atoms with Crippen molar-refractivity contribution in [3.05, 3.63) is 23.3 Å². The van der Waals surface area contributed by atoms with Crippen molar-refractivity contribution in [3.63, 3.8) is 0 Å². The summed E-state index contributed by atoms with van der Waals surface area (Å²) in [6.07, 6.45) is 10.9. The number of carbonyl (C=O) groups is 3. The Hall–Kier alpha value is -2.22. The molecule has 0 heterocycles. The number of ketones is 2. The number of fused-ring (bicyclic) bond motifs is 2. The number of nitrogens with zero attached hydrogens (tertiary/aromatic N) is 1. The summed E-state index contributed by atoms with van der Waals surface area (Å²) in [6, 6.07) is 2.15. The van der Waals surface area contributed by atoms with E-state index in [9.17, 15) is 19.6 Å². The Morgan fingerprint density at radius 3 is 2.30 bits per heavy atom. The third-order valence-corrected chi connectivity index (χ3v) is 11.7. The summed E-state index contributed by atoms with van der Waals surface area (Å²) in [5.41, 5.74) is 0.0612. The van der Waals surface area contributed by atoms with E-state index in [4.69, 9.17) is 4.74 Å². The van der Waals surface area contributed by atoms with Crippen molar-refractivity contribution in [2.45, 2.75) is 99.8 Å². The van der Waals surface area contributed by atoms with Gasteiger partial charge in [0.15, 0.2) is 11.6 Å². The summed E-state index contributed by atoms with van der Waals surface area (Å²) in [7, 11) is 1.52. The fourth-order valence-electron chi connectivity index (χ4n) is 9.21. The molecular weight excluding hydrogens is 462 g/mol. The van der Waals surface area contributed by atoms with Gasteiger partial charge in [-0.15, -0.1) is 0 Å². The third kappa shape index (κ3) is 4.05. The smallest absolute Gasteiger partial charge is 0.312 e. The highest BCUT2D eigenvalue weighted by Crippen LogP contribution is 2.70. The zero-order chi connectivity index (χ0) is 27.6. The highest BCUT2D eigenvalue weighted by atomic mass is 16.5. The van der Waals surface area contributed by atoms with E-state index in [0.717, 1.165) is 56.9 Å². The van der Waals surface area contributed by atoms with Gasteiger partial charge in [-0.2, -0.15) is 5.26 Å². The van der Waals surface area contributed by atoms with E-state index >= 15 is 0 Å². The van der Waals surface area contributed by atoms with Crippen molar-refractivity contribution >= 4 is 17.5 Å². The van der Waals surface area contributed by atoms with E-state index in [0.29, 0.717) is 0 Å². The highest BCUT2D eigenvalue weighted by molar-refractivity contribution is 6.02. The average Bonchev–Trinajstić information content (AvgIpc) is 2.82. The number of esters is 1. The molecule has 0 aromatic carbocycles. The van der Waals surface area contributed by atoms with Crippen LogP contribution < -0.4 is 0 Å². The Morgan fingerprint density at radius 1 is 1.05 bits per heavy atom. The van der Waals surface area contributed by atoms with Crippen LogP contribution in [0.5, 0.6) is 0 Å². The molecule has 0 spiro atoms. The van der Waals surface area contributed by atoms with Crippen LogP contribution in [-0.2, 0) is 19.1 Å². The van der Waals surface area contributed by atoms with Gasteiger partial charge in [0.2, 0.25) is 0 Å². The molecule has 5 heteroatoms. The van der Waals surface area contributed by atoms with Crippen LogP contribution in [0.1, 0.15) is 99.8 Å². The quantitative estimate of drug-likeness (QED) is 0.311. The molecular formula is C32H45NO4. The SMILES string of the molecule is COC(=O)[C@]12CCC(C)(C)CC1C[C@](C)([C@]1(C)CC[C@H]3[C@H](C)C(=O)C(C#N)=C[C@]3(C)/C1=C/C(C)=O)CC2. The molecule has 4 aliphatic carbocycles. The maximum atomic E-state index is 13.2. The molecule has 0 bridgehead atoms. The van der Waals surface area contributed by atoms with Gasteiger partial charge in [0, 0.05) is 11.3 Å². The lowest BCUT2D eigenvalue weighted by molar-refractivity contribution is -0.173. The van der Waals surface area contributed by atoms with Crippen LogP contribution >= 0.6 is 0 Å². The van der Waals surface area contributed by atoms with Crippen molar-refractivity contribution in [3.8, 4) is 6.07 Å². The summed E-state index contributed by atoms with van der Waals surface area (Å²) < 4.78 is 5.40. The monoisotopic (exact) mass is 507 g/mol. The van der Waals surface area contributed by atoms with Crippen LogP contribution in [0, 0.1) is 56.2 Å². The predicted molar refractivity (Wildman–Crippen MR) is 143 cm³/mol. The number of methoxy groups -OCH3 is 1. The van der Waals surface area contributed by atoms with Gasteiger partial charge in [0.1, 0.15) is 6.07 Å². The van der Waals surface area contributed by atoms with Gasteiger partial charge in [0.05, 0.1) is 18.1 Å². The Bertz CT molecular complexity index is 1120. The predicted octanol–water partition coefficient (Wildman–Crippen LogP) is 6.77. The molecule has 0 N–H and O–H groups in total. The van der Waals surface area contributed by atoms with Gasteiger partial charge in [-0.05, 0) is 92.4 Å². The average molecular weight is 508 g/mol. The molecule has 37 heavy (non-hydrogen) atoms. The van der Waals surface area contributed by atoms with Gasteiger partial charge < -0.3 is 4.74 Å². The number of hydrogen-bond donors (Lipinski definition) is 0. The molecule has 3 fully saturated rings. The van der Waals surface area contributed by atoms with Gasteiger partial charge in [-0.25, -0.2) is 0 Å². The number of carbonyl (C=O) groups excluding carboxylic acids is 3. The van der Waals surface area contributed by atoms with E-state index in [1.54, 1.807) is 6.92 Å². The van der Waals surface area contributed by atoms with Crippen molar-refractivity contribution < 1.29 is 19.1 Å². The first-order valence-corrected chi connectivity index (χ1v) is 14.1. The molecule has 202 valence electrons. The van der Waals surface area contributed by atoms with E-state index < -0.39 is 10.8 Å². The first-order valence-electron chi connectivity index (χ1n) is 14.1. The molecule has 0 aromatic heterocycles. The van der Waals surface area contributed by atoms with Gasteiger partial charge >= 0.3 is 5.97 Å². The number of rotatable bonds is 3. The van der Waals surface area contributed by atoms with Crippen LogP contribution in [0.25, 0.3) is 0 Å². The minimum atomic E-state index is -0.539. The molecule has 0 radical (unpaired) electrons. The number of hydrogen-bond acceptors (Lipinski definition) is 5. The third-order valence-electron chi connectivity index (χ3n) is 11.7. The van der Waals surface area contributed by atoms with Crippen LogP contribution in [0.3, 0.4) is 0 Å². The molecule has 4 aliphatic rings. The number of nitriles is 1. The topological polar surface area (TPSA) is 84.2 Å². The van der Waals surface area contributed by atoms with Crippen LogP contribution in [0.4, 0.5) is 0 Å². The first-order chi connectivity index (χ1) is 17.1. The Kier molecular flexibility index (Phi) is 6.71. The summed E-state index contributed by atoms with van der Waals surface area (Å²) in [5.74, 6) is -0.105. The lowest BCUT2D eigenvalue weighted by Gasteiger charge is -2.64. The summed E-state index contributed by atoms with van der Waals surface area (Å²) in [4.78, 5) is 38.9. The van der Waals surface area contributed by atoms with Crippen molar-refractivity contribution in [1.29, 1.82) is 5.26 Å². The second-order valence-electron chi connectivity index (χ2n) is 14.2. The van der Waals surface area contributed by atoms with Crippen LogP contribution in [0.2, 0.25) is 0 Å². The molecule has 0 aliphatic heterocycles. The summed E-state index contributed by atoms with van der Waals surface area (Å²) in [6.45, 7) is 15.0. The fourth-order valence-corrected chi connectivity index (χ4v) is 9.21. The fraction of sp³-hybridized carbons (Fsp3) is 0.750. The lowest BCUT2D eigenvalue weighted by atomic mass is 9.40. The summed E-state index contributed by atoms with van der Waals surface area (Å²) >= 11 is 0. The van der Waals surface area contributed by atoms with Crippen molar-refractivity contribution in [2.24, 2.45) is 44.8 Å².